The van der Waals surface area contributed by atoms with Gasteiger partial charge in [0, 0.05) is 39.7 Å². The van der Waals surface area contributed by atoms with Gasteiger partial charge in [0.25, 0.3) is 0 Å². The zero-order valence-corrected chi connectivity index (χ0v) is 17.3. The zero-order chi connectivity index (χ0) is 19.3. The molecule has 1 N–H and O–H groups in total. The zero-order valence-electron chi connectivity index (χ0n) is 16.4. The largest absolute Gasteiger partial charge is 0.378 e. The van der Waals surface area contributed by atoms with Crippen molar-refractivity contribution in [2.24, 2.45) is 0 Å². The van der Waals surface area contributed by atoms with Crippen molar-refractivity contribution in [1.82, 2.24) is 0 Å². The first-order valence-electron chi connectivity index (χ1n) is 8.65. The van der Waals surface area contributed by atoms with Crippen molar-refractivity contribution in [3.8, 4) is 0 Å². The van der Waals surface area contributed by atoms with Crippen LogP contribution in [0.25, 0.3) is 0 Å². The molecule has 142 valence electrons. The summed E-state index contributed by atoms with van der Waals surface area (Å²) in [5.41, 5.74) is 4.03. The standard InChI is InChI=1S/C20H29N2O3P/c1-15(2)16-7-11-18(12-8-16)21-20(26(23,24-5)25-6)17-9-13-19(14-10-17)22(3)4/h7-15,20-21H,1-6H3. The van der Waals surface area contributed by atoms with Crippen molar-refractivity contribution >= 4 is 19.0 Å². The topological polar surface area (TPSA) is 50.8 Å². The highest BCUT2D eigenvalue weighted by atomic mass is 31.2. The van der Waals surface area contributed by atoms with Gasteiger partial charge in [-0.15, -0.1) is 0 Å². The van der Waals surface area contributed by atoms with E-state index >= 15 is 0 Å². The lowest BCUT2D eigenvalue weighted by Gasteiger charge is -2.27. The summed E-state index contributed by atoms with van der Waals surface area (Å²) in [5.74, 6) is -0.138. The number of nitrogens with one attached hydrogen (secondary N) is 1. The second kappa shape index (κ2) is 8.72. The fraction of sp³-hybridized carbons (Fsp3) is 0.400. The maximum absolute atomic E-state index is 13.1. The van der Waals surface area contributed by atoms with Crippen LogP contribution in [0.5, 0.6) is 0 Å². The van der Waals surface area contributed by atoms with Gasteiger partial charge in [0.15, 0.2) is 5.78 Å². The van der Waals surface area contributed by atoms with Crippen molar-refractivity contribution in [2.45, 2.75) is 25.5 Å². The molecule has 2 rings (SSSR count). The number of anilines is 2. The predicted molar refractivity (Wildman–Crippen MR) is 109 cm³/mol. The maximum Gasteiger partial charge on any atom is 0.356 e. The van der Waals surface area contributed by atoms with Gasteiger partial charge in [-0.05, 0) is 41.3 Å². The van der Waals surface area contributed by atoms with Gasteiger partial charge in [0.05, 0.1) is 0 Å². The third kappa shape index (κ3) is 4.67. The van der Waals surface area contributed by atoms with E-state index in [1.165, 1.54) is 19.8 Å². The van der Waals surface area contributed by atoms with E-state index in [1.807, 2.05) is 55.4 Å². The van der Waals surface area contributed by atoms with Gasteiger partial charge < -0.3 is 19.3 Å². The Morgan fingerprint density at radius 1 is 0.885 bits per heavy atom. The number of hydrogen-bond acceptors (Lipinski definition) is 5. The van der Waals surface area contributed by atoms with Crippen molar-refractivity contribution < 1.29 is 13.6 Å². The van der Waals surface area contributed by atoms with Gasteiger partial charge in [-0.25, -0.2) is 0 Å². The van der Waals surface area contributed by atoms with Crippen molar-refractivity contribution in [3.05, 3.63) is 59.7 Å². The molecule has 1 atom stereocenters. The molecule has 0 saturated heterocycles. The first-order chi connectivity index (χ1) is 12.3. The summed E-state index contributed by atoms with van der Waals surface area (Å²) in [5, 5.41) is 3.33. The van der Waals surface area contributed by atoms with Crippen molar-refractivity contribution in [1.29, 1.82) is 0 Å². The first-order valence-corrected chi connectivity index (χ1v) is 10.3. The lowest BCUT2D eigenvalue weighted by molar-refractivity contribution is 0.268. The monoisotopic (exact) mass is 376 g/mol. The summed E-state index contributed by atoms with van der Waals surface area (Å²) in [4.78, 5) is 2.02. The minimum atomic E-state index is -3.37. The van der Waals surface area contributed by atoms with Gasteiger partial charge in [-0.1, -0.05) is 38.1 Å². The molecule has 0 saturated carbocycles. The third-order valence-corrected chi connectivity index (χ3v) is 6.51. The van der Waals surface area contributed by atoms with Gasteiger partial charge in [0.1, 0.15) is 0 Å². The lowest BCUT2D eigenvalue weighted by Crippen LogP contribution is -2.14. The number of hydrogen-bond donors (Lipinski definition) is 1. The van der Waals surface area contributed by atoms with Crippen LogP contribution in [0.1, 0.15) is 36.7 Å². The lowest BCUT2D eigenvalue weighted by atomic mass is 10.0. The van der Waals surface area contributed by atoms with Gasteiger partial charge in [-0.3, -0.25) is 4.57 Å². The summed E-state index contributed by atoms with van der Waals surface area (Å²) in [7, 11) is 3.42. The Labute approximate surface area is 156 Å². The molecule has 5 nitrogen and oxygen atoms in total. The van der Waals surface area contributed by atoms with E-state index in [9.17, 15) is 4.57 Å². The summed E-state index contributed by atoms with van der Waals surface area (Å²) >= 11 is 0. The molecule has 0 amide bonds. The fourth-order valence-corrected chi connectivity index (χ4v) is 4.12. The Hall–Kier alpha value is -1.81. The highest BCUT2D eigenvalue weighted by Gasteiger charge is 2.35. The van der Waals surface area contributed by atoms with Gasteiger partial charge in [-0.2, -0.15) is 0 Å². The van der Waals surface area contributed by atoms with Gasteiger partial charge in [0.2, 0.25) is 0 Å². The Morgan fingerprint density at radius 2 is 1.38 bits per heavy atom. The van der Waals surface area contributed by atoms with E-state index in [4.69, 9.17) is 9.05 Å². The van der Waals surface area contributed by atoms with Crippen LogP contribution in [0, 0.1) is 0 Å². The molecular formula is C20H29N2O3P. The van der Waals surface area contributed by atoms with Crippen LogP contribution >= 0.6 is 7.60 Å². The Kier molecular flexibility index (Phi) is 6.87. The van der Waals surface area contributed by atoms with Crippen LogP contribution < -0.4 is 10.2 Å². The van der Waals surface area contributed by atoms with E-state index in [2.05, 4.69) is 31.3 Å². The van der Waals surface area contributed by atoms with Crippen LogP contribution in [0.3, 0.4) is 0 Å². The van der Waals surface area contributed by atoms with Crippen molar-refractivity contribution in [3.63, 3.8) is 0 Å². The SMILES string of the molecule is COP(=O)(OC)C(Nc1ccc(C(C)C)cc1)c1ccc(N(C)C)cc1. The molecule has 0 bridgehead atoms. The van der Waals surface area contributed by atoms with Crippen LogP contribution in [0.15, 0.2) is 48.5 Å². The molecule has 0 aliphatic rings. The Balaban J connectivity index is 2.36. The molecule has 0 spiro atoms. The van der Waals surface area contributed by atoms with E-state index in [0.717, 1.165) is 16.9 Å². The highest BCUT2D eigenvalue weighted by Crippen LogP contribution is 2.59. The maximum atomic E-state index is 13.1. The third-order valence-electron chi connectivity index (χ3n) is 4.43. The predicted octanol–water partition coefficient (Wildman–Crippen LogP) is 5.47. The minimum Gasteiger partial charge on any atom is -0.378 e. The smallest absolute Gasteiger partial charge is 0.356 e. The van der Waals surface area contributed by atoms with E-state index < -0.39 is 13.4 Å². The fourth-order valence-electron chi connectivity index (χ4n) is 2.71. The summed E-state index contributed by atoms with van der Waals surface area (Å²) in [6.45, 7) is 4.31. The quantitative estimate of drug-likeness (QED) is 0.619. The molecule has 0 aliphatic carbocycles. The summed E-state index contributed by atoms with van der Waals surface area (Å²) < 4.78 is 23.7. The second-order valence-electron chi connectivity index (χ2n) is 6.71. The van der Waals surface area contributed by atoms with E-state index in [1.54, 1.807) is 0 Å². The van der Waals surface area contributed by atoms with E-state index in [-0.39, 0.29) is 0 Å². The Bertz CT molecular complexity index is 735. The Morgan fingerprint density at radius 3 is 1.81 bits per heavy atom. The van der Waals surface area contributed by atoms with Crippen LogP contribution in [-0.4, -0.2) is 28.3 Å². The first kappa shape index (κ1) is 20.5. The summed E-state index contributed by atoms with van der Waals surface area (Å²) in [6, 6.07) is 16.0. The second-order valence-corrected chi connectivity index (χ2v) is 9.04. The van der Waals surface area contributed by atoms with Crippen LogP contribution in [-0.2, 0) is 13.6 Å². The number of rotatable bonds is 8. The molecule has 0 heterocycles. The molecule has 0 fully saturated rings. The molecule has 0 radical (unpaired) electrons. The molecule has 26 heavy (non-hydrogen) atoms. The average Bonchev–Trinajstić information content (AvgIpc) is 2.66. The van der Waals surface area contributed by atoms with Crippen LogP contribution in [0.4, 0.5) is 11.4 Å². The molecular weight excluding hydrogens is 347 g/mol. The molecule has 2 aromatic carbocycles. The van der Waals surface area contributed by atoms with E-state index in [0.29, 0.717) is 5.92 Å². The van der Waals surface area contributed by atoms with Crippen molar-refractivity contribution in [2.75, 3.05) is 38.5 Å². The van der Waals surface area contributed by atoms with Crippen LogP contribution in [0.2, 0.25) is 0 Å². The molecule has 1 unspecified atom stereocenters. The number of benzene rings is 2. The molecule has 0 aliphatic heterocycles. The molecule has 0 aromatic heterocycles. The number of nitrogens with zero attached hydrogens (tertiary/aromatic N) is 1. The highest BCUT2D eigenvalue weighted by molar-refractivity contribution is 7.54. The normalized spacial score (nSPS) is 12.9. The summed E-state index contributed by atoms with van der Waals surface area (Å²) in [6.07, 6.45) is 0. The minimum absolute atomic E-state index is 0.461. The molecule has 2 aromatic rings. The molecule has 6 heteroatoms. The van der Waals surface area contributed by atoms with Gasteiger partial charge >= 0.3 is 7.60 Å². The average molecular weight is 376 g/mol.